The van der Waals surface area contributed by atoms with Crippen molar-refractivity contribution in [2.45, 2.75) is 6.54 Å². The van der Waals surface area contributed by atoms with Gasteiger partial charge in [0.1, 0.15) is 11.6 Å². The molecule has 1 saturated heterocycles. The maximum Gasteiger partial charge on any atom is 0.322 e. The number of methoxy groups -OCH3 is 1. The average molecular weight is 343 g/mol. The fourth-order valence-corrected chi connectivity index (χ4v) is 2.86. The zero-order chi connectivity index (χ0) is 17.6. The quantitative estimate of drug-likeness (QED) is 0.927. The van der Waals surface area contributed by atoms with Gasteiger partial charge in [0.2, 0.25) is 0 Å². The van der Waals surface area contributed by atoms with Crippen LogP contribution in [0.1, 0.15) is 5.56 Å². The Morgan fingerprint density at radius 2 is 1.76 bits per heavy atom. The van der Waals surface area contributed by atoms with E-state index in [9.17, 15) is 9.18 Å². The fraction of sp³-hybridized carbons (Fsp3) is 0.316. The predicted molar refractivity (Wildman–Crippen MR) is 95.3 cm³/mol. The summed E-state index contributed by atoms with van der Waals surface area (Å²) in [6.45, 7) is 3.66. The van der Waals surface area contributed by atoms with Crippen molar-refractivity contribution in [1.82, 2.24) is 9.80 Å². The van der Waals surface area contributed by atoms with Crippen LogP contribution in [0.15, 0.2) is 48.5 Å². The first-order chi connectivity index (χ1) is 12.2. The molecule has 1 fully saturated rings. The van der Waals surface area contributed by atoms with Crippen molar-refractivity contribution < 1.29 is 13.9 Å². The number of carbonyl (C=O) groups excluding carboxylic acids is 1. The van der Waals surface area contributed by atoms with E-state index in [4.69, 9.17) is 4.74 Å². The fourth-order valence-electron chi connectivity index (χ4n) is 2.86. The molecule has 0 saturated carbocycles. The lowest BCUT2D eigenvalue weighted by molar-refractivity contribution is 0.143. The largest absolute Gasteiger partial charge is 0.497 e. The van der Waals surface area contributed by atoms with Crippen molar-refractivity contribution in [2.75, 3.05) is 38.6 Å². The monoisotopic (exact) mass is 343 g/mol. The molecule has 2 aromatic rings. The molecule has 0 aromatic heterocycles. The van der Waals surface area contributed by atoms with Crippen molar-refractivity contribution >= 4 is 11.7 Å². The van der Waals surface area contributed by atoms with Crippen LogP contribution in [0.2, 0.25) is 0 Å². The molecular formula is C19H22FN3O2. The Balaban J connectivity index is 1.49. The van der Waals surface area contributed by atoms with E-state index in [2.05, 4.69) is 22.3 Å². The standard InChI is InChI=1S/C19H22FN3O2/c1-25-16-8-6-15(7-9-16)14-22-10-12-23(13-11-22)19(24)21-18-5-3-2-4-17(18)20/h2-9H,10-14H2,1H3,(H,21,24). The zero-order valence-corrected chi connectivity index (χ0v) is 14.2. The number of carbonyl (C=O) groups is 1. The van der Waals surface area contributed by atoms with E-state index in [1.165, 1.54) is 11.6 Å². The molecule has 3 rings (SSSR count). The lowest BCUT2D eigenvalue weighted by Crippen LogP contribution is -2.49. The van der Waals surface area contributed by atoms with Gasteiger partial charge in [-0.2, -0.15) is 0 Å². The van der Waals surface area contributed by atoms with Gasteiger partial charge in [0, 0.05) is 32.7 Å². The van der Waals surface area contributed by atoms with Gasteiger partial charge in [-0.15, -0.1) is 0 Å². The van der Waals surface area contributed by atoms with E-state index in [1.54, 1.807) is 30.2 Å². The molecule has 0 unspecified atom stereocenters. The second kappa shape index (κ2) is 7.98. The van der Waals surface area contributed by atoms with Crippen molar-refractivity contribution in [2.24, 2.45) is 0 Å². The molecule has 1 N–H and O–H groups in total. The molecule has 0 spiro atoms. The molecule has 6 heteroatoms. The van der Waals surface area contributed by atoms with E-state index in [1.807, 2.05) is 12.1 Å². The summed E-state index contributed by atoms with van der Waals surface area (Å²) in [5.41, 5.74) is 1.43. The number of benzene rings is 2. The van der Waals surface area contributed by atoms with Gasteiger partial charge in [0.15, 0.2) is 0 Å². The van der Waals surface area contributed by atoms with E-state index in [0.29, 0.717) is 13.1 Å². The summed E-state index contributed by atoms with van der Waals surface area (Å²) in [7, 11) is 1.65. The van der Waals surface area contributed by atoms with Gasteiger partial charge in [-0.1, -0.05) is 24.3 Å². The molecule has 2 amide bonds. The molecule has 1 heterocycles. The first-order valence-corrected chi connectivity index (χ1v) is 8.31. The Kier molecular flexibility index (Phi) is 5.50. The van der Waals surface area contributed by atoms with Gasteiger partial charge >= 0.3 is 6.03 Å². The van der Waals surface area contributed by atoms with Crippen molar-refractivity contribution in [3.63, 3.8) is 0 Å². The van der Waals surface area contributed by atoms with Crippen LogP contribution in [0.3, 0.4) is 0 Å². The number of amides is 2. The third-order valence-electron chi connectivity index (χ3n) is 4.34. The molecular weight excluding hydrogens is 321 g/mol. The van der Waals surface area contributed by atoms with E-state index in [-0.39, 0.29) is 11.7 Å². The van der Waals surface area contributed by atoms with Crippen LogP contribution in [-0.2, 0) is 6.54 Å². The van der Waals surface area contributed by atoms with Crippen molar-refractivity contribution in [3.05, 3.63) is 59.9 Å². The number of para-hydroxylation sites is 1. The minimum absolute atomic E-state index is 0.216. The maximum absolute atomic E-state index is 13.6. The third-order valence-corrected chi connectivity index (χ3v) is 4.34. The predicted octanol–water partition coefficient (Wildman–Crippen LogP) is 3.18. The van der Waals surface area contributed by atoms with E-state index in [0.717, 1.165) is 25.4 Å². The van der Waals surface area contributed by atoms with Crippen LogP contribution < -0.4 is 10.1 Å². The summed E-state index contributed by atoms with van der Waals surface area (Å²) in [5.74, 6) is 0.423. The lowest BCUT2D eigenvalue weighted by Gasteiger charge is -2.34. The number of halogens is 1. The molecule has 0 bridgehead atoms. The minimum Gasteiger partial charge on any atom is -0.497 e. The first kappa shape index (κ1) is 17.2. The molecule has 25 heavy (non-hydrogen) atoms. The molecule has 2 aromatic carbocycles. The summed E-state index contributed by atoms with van der Waals surface area (Å²) in [6.07, 6.45) is 0. The summed E-state index contributed by atoms with van der Waals surface area (Å²) < 4.78 is 18.8. The zero-order valence-electron chi connectivity index (χ0n) is 14.2. The molecule has 0 atom stereocenters. The minimum atomic E-state index is -0.422. The number of ether oxygens (including phenoxy) is 1. The van der Waals surface area contributed by atoms with Gasteiger partial charge < -0.3 is 15.0 Å². The highest BCUT2D eigenvalue weighted by Crippen LogP contribution is 2.16. The number of piperazine rings is 1. The van der Waals surface area contributed by atoms with Crippen molar-refractivity contribution in [3.8, 4) is 5.75 Å². The number of hydrogen-bond donors (Lipinski definition) is 1. The highest BCUT2D eigenvalue weighted by atomic mass is 19.1. The number of nitrogens with zero attached hydrogens (tertiary/aromatic N) is 2. The molecule has 1 aliphatic rings. The van der Waals surface area contributed by atoms with Crippen LogP contribution in [-0.4, -0.2) is 49.1 Å². The highest BCUT2D eigenvalue weighted by molar-refractivity contribution is 5.89. The normalized spacial score (nSPS) is 15.0. The van der Waals surface area contributed by atoms with E-state index < -0.39 is 5.82 Å². The number of rotatable bonds is 4. The summed E-state index contributed by atoms with van der Waals surface area (Å²) in [6, 6.07) is 14.0. The number of urea groups is 1. The topological polar surface area (TPSA) is 44.8 Å². The summed E-state index contributed by atoms with van der Waals surface area (Å²) in [4.78, 5) is 16.3. The highest BCUT2D eigenvalue weighted by Gasteiger charge is 2.21. The van der Waals surface area contributed by atoms with E-state index >= 15 is 0 Å². The lowest BCUT2D eigenvalue weighted by atomic mass is 10.2. The van der Waals surface area contributed by atoms with Gasteiger partial charge in [-0.25, -0.2) is 9.18 Å². The summed E-state index contributed by atoms with van der Waals surface area (Å²) in [5, 5.41) is 2.64. The smallest absolute Gasteiger partial charge is 0.322 e. The molecule has 0 radical (unpaired) electrons. The van der Waals surface area contributed by atoms with Crippen LogP contribution >= 0.6 is 0 Å². The number of anilines is 1. The Hall–Kier alpha value is -2.60. The SMILES string of the molecule is COc1ccc(CN2CCN(C(=O)Nc3ccccc3F)CC2)cc1. The second-order valence-corrected chi connectivity index (χ2v) is 6.02. The Morgan fingerprint density at radius 3 is 2.40 bits per heavy atom. The van der Waals surface area contributed by atoms with Gasteiger partial charge in [-0.3, -0.25) is 4.90 Å². The van der Waals surface area contributed by atoms with Crippen molar-refractivity contribution in [1.29, 1.82) is 0 Å². The Bertz CT molecular complexity index is 713. The Morgan fingerprint density at radius 1 is 1.08 bits per heavy atom. The van der Waals surface area contributed by atoms with Gasteiger partial charge in [0.25, 0.3) is 0 Å². The third kappa shape index (κ3) is 4.48. The summed E-state index contributed by atoms with van der Waals surface area (Å²) >= 11 is 0. The maximum atomic E-state index is 13.6. The molecule has 1 aliphatic heterocycles. The van der Waals surface area contributed by atoms with Crippen LogP contribution in [0.5, 0.6) is 5.75 Å². The van der Waals surface area contributed by atoms with Gasteiger partial charge in [0.05, 0.1) is 12.8 Å². The molecule has 5 nitrogen and oxygen atoms in total. The number of hydrogen-bond acceptors (Lipinski definition) is 3. The number of nitrogens with one attached hydrogen (secondary N) is 1. The van der Waals surface area contributed by atoms with Crippen LogP contribution in [0.4, 0.5) is 14.9 Å². The second-order valence-electron chi connectivity index (χ2n) is 6.02. The first-order valence-electron chi connectivity index (χ1n) is 8.31. The van der Waals surface area contributed by atoms with Gasteiger partial charge in [-0.05, 0) is 29.8 Å². The average Bonchev–Trinajstić information content (AvgIpc) is 2.65. The van der Waals surface area contributed by atoms with Crippen LogP contribution in [0.25, 0.3) is 0 Å². The Labute approximate surface area is 147 Å². The molecule has 132 valence electrons. The molecule has 0 aliphatic carbocycles. The van der Waals surface area contributed by atoms with Crippen LogP contribution in [0, 0.1) is 5.82 Å².